The lowest BCUT2D eigenvalue weighted by Gasteiger charge is -2.21. The smallest absolute Gasteiger partial charge is 0.326 e. The number of rotatable bonds is 5. The molecule has 2 atom stereocenters. The molecule has 1 rings (SSSR count). The van der Waals surface area contributed by atoms with Gasteiger partial charge in [-0.15, -0.1) is 0 Å². The van der Waals surface area contributed by atoms with Crippen molar-refractivity contribution in [3.05, 3.63) is 0 Å². The van der Waals surface area contributed by atoms with Gasteiger partial charge in [-0.1, -0.05) is 13.8 Å². The Morgan fingerprint density at radius 1 is 1.40 bits per heavy atom. The van der Waals surface area contributed by atoms with Crippen molar-refractivity contribution >= 4 is 18.0 Å². The zero-order valence-corrected chi connectivity index (χ0v) is 12.1. The van der Waals surface area contributed by atoms with Crippen LogP contribution in [0.2, 0.25) is 0 Å². The summed E-state index contributed by atoms with van der Waals surface area (Å²) in [4.78, 5) is 35.9. The predicted molar refractivity (Wildman–Crippen MR) is 71.1 cm³/mol. The monoisotopic (exact) mass is 286 g/mol. The maximum atomic E-state index is 12.0. The van der Waals surface area contributed by atoms with Crippen LogP contribution in [0.3, 0.4) is 0 Å². The SMILES string of the molecule is COC(=O)C1CCN(C(=O)NC(CC(C)C)C(=O)O)C1. The number of carbonyl (C=O) groups excluding carboxylic acids is 2. The lowest BCUT2D eigenvalue weighted by molar-refractivity contribution is -0.145. The Kier molecular flexibility index (Phi) is 5.79. The van der Waals surface area contributed by atoms with Crippen LogP contribution in [0.1, 0.15) is 26.7 Å². The Labute approximate surface area is 118 Å². The molecule has 7 nitrogen and oxygen atoms in total. The molecule has 7 heteroatoms. The van der Waals surface area contributed by atoms with Crippen LogP contribution in [0.25, 0.3) is 0 Å². The Bertz CT molecular complexity index is 383. The van der Waals surface area contributed by atoms with Gasteiger partial charge in [0.2, 0.25) is 0 Å². The molecule has 0 aromatic heterocycles. The van der Waals surface area contributed by atoms with E-state index in [4.69, 9.17) is 5.11 Å². The summed E-state index contributed by atoms with van der Waals surface area (Å²) in [6.45, 7) is 4.49. The summed E-state index contributed by atoms with van der Waals surface area (Å²) in [5.74, 6) is -1.54. The first kappa shape index (κ1) is 16.3. The molecule has 1 heterocycles. The van der Waals surface area contributed by atoms with Crippen molar-refractivity contribution in [3.63, 3.8) is 0 Å². The zero-order valence-electron chi connectivity index (χ0n) is 12.1. The summed E-state index contributed by atoms with van der Waals surface area (Å²) < 4.78 is 4.64. The van der Waals surface area contributed by atoms with E-state index in [0.29, 0.717) is 19.4 Å². The van der Waals surface area contributed by atoms with Gasteiger partial charge >= 0.3 is 18.0 Å². The zero-order chi connectivity index (χ0) is 15.3. The molecule has 2 amide bonds. The van der Waals surface area contributed by atoms with Crippen LogP contribution in [-0.4, -0.2) is 54.2 Å². The van der Waals surface area contributed by atoms with E-state index in [9.17, 15) is 14.4 Å². The molecule has 0 radical (unpaired) electrons. The van der Waals surface area contributed by atoms with E-state index in [1.165, 1.54) is 12.0 Å². The topological polar surface area (TPSA) is 95.9 Å². The van der Waals surface area contributed by atoms with Crippen LogP contribution in [0, 0.1) is 11.8 Å². The normalized spacial score (nSPS) is 19.8. The molecule has 1 aliphatic heterocycles. The van der Waals surface area contributed by atoms with Gasteiger partial charge in [0.05, 0.1) is 13.0 Å². The second kappa shape index (κ2) is 7.12. The average molecular weight is 286 g/mol. The number of nitrogens with zero attached hydrogens (tertiary/aromatic N) is 1. The fourth-order valence-electron chi connectivity index (χ4n) is 2.24. The van der Waals surface area contributed by atoms with Crippen molar-refractivity contribution < 1.29 is 24.2 Å². The highest BCUT2D eigenvalue weighted by molar-refractivity contribution is 5.83. The van der Waals surface area contributed by atoms with E-state index < -0.39 is 18.0 Å². The molecule has 0 aromatic carbocycles. The van der Waals surface area contributed by atoms with E-state index >= 15 is 0 Å². The molecule has 2 N–H and O–H groups in total. The van der Waals surface area contributed by atoms with Crippen LogP contribution >= 0.6 is 0 Å². The minimum absolute atomic E-state index is 0.165. The number of ether oxygens (including phenoxy) is 1. The van der Waals surface area contributed by atoms with Crippen molar-refractivity contribution in [1.82, 2.24) is 10.2 Å². The van der Waals surface area contributed by atoms with Crippen LogP contribution in [0.4, 0.5) is 4.79 Å². The van der Waals surface area contributed by atoms with E-state index in [1.807, 2.05) is 13.8 Å². The highest BCUT2D eigenvalue weighted by Gasteiger charge is 2.33. The maximum Gasteiger partial charge on any atom is 0.326 e. The molecule has 0 bridgehead atoms. The minimum Gasteiger partial charge on any atom is -0.480 e. The highest BCUT2D eigenvalue weighted by Crippen LogP contribution is 2.17. The quantitative estimate of drug-likeness (QED) is 0.725. The lowest BCUT2D eigenvalue weighted by Crippen LogP contribution is -2.47. The second-order valence-corrected chi connectivity index (χ2v) is 5.42. The number of hydrogen-bond acceptors (Lipinski definition) is 4. The highest BCUT2D eigenvalue weighted by atomic mass is 16.5. The first-order valence-corrected chi connectivity index (χ1v) is 6.71. The number of esters is 1. The molecule has 1 aliphatic rings. The van der Waals surface area contributed by atoms with E-state index in [0.717, 1.165) is 0 Å². The first-order valence-electron chi connectivity index (χ1n) is 6.71. The van der Waals surface area contributed by atoms with Crippen LogP contribution in [-0.2, 0) is 14.3 Å². The first-order chi connectivity index (χ1) is 9.35. The van der Waals surface area contributed by atoms with Crippen LogP contribution in [0.15, 0.2) is 0 Å². The van der Waals surface area contributed by atoms with Crippen LogP contribution < -0.4 is 5.32 Å². The molecule has 1 fully saturated rings. The van der Waals surface area contributed by atoms with Gasteiger partial charge in [0.25, 0.3) is 0 Å². The van der Waals surface area contributed by atoms with Crippen molar-refractivity contribution in [3.8, 4) is 0 Å². The van der Waals surface area contributed by atoms with Gasteiger partial charge in [0.15, 0.2) is 0 Å². The number of carboxylic acids is 1. The van der Waals surface area contributed by atoms with Gasteiger partial charge in [-0.3, -0.25) is 4.79 Å². The number of nitrogens with one attached hydrogen (secondary N) is 1. The molecular formula is C13H22N2O5. The van der Waals surface area contributed by atoms with Gasteiger partial charge in [-0.05, 0) is 18.8 Å². The molecule has 0 saturated carbocycles. The summed E-state index contributed by atoms with van der Waals surface area (Å²) in [7, 11) is 1.31. The average Bonchev–Trinajstić information content (AvgIpc) is 2.85. The third-order valence-corrected chi connectivity index (χ3v) is 3.31. The summed E-state index contributed by atoms with van der Waals surface area (Å²) >= 11 is 0. The number of amides is 2. The predicted octanol–water partition coefficient (Wildman–Crippen LogP) is 0.690. The van der Waals surface area contributed by atoms with Crippen molar-refractivity contribution in [1.29, 1.82) is 0 Å². The molecule has 0 spiro atoms. The van der Waals surface area contributed by atoms with Gasteiger partial charge in [-0.2, -0.15) is 0 Å². The Hall–Kier alpha value is -1.79. The Morgan fingerprint density at radius 3 is 2.55 bits per heavy atom. The largest absolute Gasteiger partial charge is 0.480 e. The van der Waals surface area contributed by atoms with Crippen LogP contribution in [0.5, 0.6) is 0 Å². The van der Waals surface area contributed by atoms with Crippen molar-refractivity contribution in [2.24, 2.45) is 11.8 Å². The van der Waals surface area contributed by atoms with Crippen molar-refractivity contribution in [2.75, 3.05) is 20.2 Å². The van der Waals surface area contributed by atoms with Crippen molar-refractivity contribution in [2.45, 2.75) is 32.7 Å². The molecular weight excluding hydrogens is 264 g/mol. The van der Waals surface area contributed by atoms with Gasteiger partial charge in [0, 0.05) is 13.1 Å². The lowest BCUT2D eigenvalue weighted by atomic mass is 10.0. The number of hydrogen-bond donors (Lipinski definition) is 2. The Balaban J connectivity index is 2.54. The fraction of sp³-hybridized carbons (Fsp3) is 0.769. The standard InChI is InChI=1S/C13H22N2O5/c1-8(2)6-10(11(16)17)14-13(19)15-5-4-9(7-15)12(18)20-3/h8-10H,4-7H2,1-3H3,(H,14,19)(H,16,17). The van der Waals surface area contributed by atoms with Gasteiger partial charge < -0.3 is 20.1 Å². The second-order valence-electron chi connectivity index (χ2n) is 5.42. The van der Waals surface area contributed by atoms with Gasteiger partial charge in [0.1, 0.15) is 6.04 Å². The third-order valence-electron chi connectivity index (χ3n) is 3.31. The van der Waals surface area contributed by atoms with E-state index in [1.54, 1.807) is 0 Å². The van der Waals surface area contributed by atoms with E-state index in [2.05, 4.69) is 10.1 Å². The maximum absolute atomic E-state index is 12.0. The summed E-state index contributed by atoms with van der Waals surface area (Å²) in [6.07, 6.45) is 0.914. The number of methoxy groups -OCH3 is 1. The third kappa shape index (κ3) is 4.40. The molecule has 20 heavy (non-hydrogen) atoms. The molecule has 0 aliphatic carbocycles. The minimum atomic E-state index is -1.05. The number of carbonyl (C=O) groups is 3. The number of urea groups is 1. The number of carboxylic acid groups (broad SMARTS) is 1. The molecule has 1 saturated heterocycles. The molecule has 114 valence electrons. The van der Waals surface area contributed by atoms with Gasteiger partial charge in [-0.25, -0.2) is 9.59 Å². The molecule has 0 aromatic rings. The molecule has 2 unspecified atom stereocenters. The summed E-state index contributed by atoms with van der Waals surface area (Å²) in [5.41, 5.74) is 0. The number of likely N-dealkylation sites (tertiary alicyclic amines) is 1. The summed E-state index contributed by atoms with van der Waals surface area (Å²) in [5, 5.41) is 11.6. The van der Waals surface area contributed by atoms with E-state index in [-0.39, 0.29) is 24.3 Å². The summed E-state index contributed by atoms with van der Waals surface area (Å²) in [6, 6.07) is -1.34. The Morgan fingerprint density at radius 2 is 2.05 bits per heavy atom. The fourth-order valence-corrected chi connectivity index (χ4v) is 2.24. The number of aliphatic carboxylic acids is 1.